The van der Waals surface area contributed by atoms with E-state index >= 15 is 0 Å². The monoisotopic (exact) mass is 570 g/mol. The van der Waals surface area contributed by atoms with E-state index in [0.717, 1.165) is 6.42 Å². The number of esters is 3. The van der Waals surface area contributed by atoms with E-state index in [2.05, 4.69) is 19.9 Å². The Kier molecular flexibility index (Phi) is 6.84. The number of epoxide rings is 1. The van der Waals surface area contributed by atoms with E-state index in [-0.39, 0.29) is 25.4 Å². The van der Waals surface area contributed by atoms with Crippen molar-refractivity contribution < 1.29 is 47.9 Å². The molecule has 3 saturated heterocycles. The van der Waals surface area contributed by atoms with Crippen molar-refractivity contribution in [3.63, 3.8) is 0 Å². The van der Waals surface area contributed by atoms with Crippen LogP contribution in [-0.2, 0) is 42.8 Å². The Balaban J connectivity index is 1.45. The lowest BCUT2D eigenvalue weighted by Crippen LogP contribution is -2.66. The molecule has 1 saturated carbocycles. The molecule has 2 aliphatic carbocycles. The normalized spacial score (nSPS) is 44.2. The predicted octanol–water partition coefficient (Wildman–Crippen LogP) is 2.64. The molecule has 10 heteroatoms. The lowest BCUT2D eigenvalue weighted by atomic mass is 9.51. The minimum atomic E-state index is -1.48. The molecule has 0 aromatic carbocycles. The molecule has 9 atom stereocenters. The fourth-order valence-corrected chi connectivity index (χ4v) is 7.98. The van der Waals surface area contributed by atoms with Crippen LogP contribution >= 0.6 is 0 Å². The molecular formula is C31H38O10. The molecule has 4 aliphatic heterocycles. The fraction of sp³-hybridized carbons (Fsp3) is 0.645. The Morgan fingerprint density at radius 2 is 1.90 bits per heavy atom. The molecule has 0 radical (unpaired) electrons. The summed E-state index contributed by atoms with van der Waals surface area (Å²) in [5, 5.41) is 10.8. The van der Waals surface area contributed by atoms with Gasteiger partial charge in [0.1, 0.15) is 18.3 Å². The van der Waals surface area contributed by atoms with Crippen molar-refractivity contribution >= 4 is 17.9 Å². The minimum absolute atomic E-state index is 0.0263. The van der Waals surface area contributed by atoms with Gasteiger partial charge in [-0.15, -0.1) is 0 Å². The van der Waals surface area contributed by atoms with Gasteiger partial charge in [0, 0.05) is 30.9 Å². The van der Waals surface area contributed by atoms with Crippen LogP contribution in [0.2, 0.25) is 0 Å². The Hall–Kier alpha value is -2.79. The summed E-state index contributed by atoms with van der Waals surface area (Å²) in [7, 11) is 0. The van der Waals surface area contributed by atoms with Crippen molar-refractivity contribution in [1.29, 1.82) is 0 Å². The van der Waals surface area contributed by atoms with Gasteiger partial charge in [-0.3, -0.25) is 4.79 Å². The maximum absolute atomic E-state index is 13.5. The van der Waals surface area contributed by atoms with Crippen LogP contribution in [0.5, 0.6) is 0 Å². The van der Waals surface area contributed by atoms with Crippen molar-refractivity contribution in [2.24, 2.45) is 10.8 Å². The van der Waals surface area contributed by atoms with Gasteiger partial charge in [0.2, 0.25) is 0 Å². The van der Waals surface area contributed by atoms with Crippen molar-refractivity contribution in [2.45, 2.75) is 95.1 Å². The molecule has 9 unspecified atom stereocenters. The highest BCUT2D eigenvalue weighted by Crippen LogP contribution is 2.72. The van der Waals surface area contributed by atoms with Gasteiger partial charge in [-0.25, -0.2) is 9.59 Å². The summed E-state index contributed by atoms with van der Waals surface area (Å²) in [4.78, 5) is 38.8. The second kappa shape index (κ2) is 9.90. The first-order valence-electron chi connectivity index (χ1n) is 14.4. The van der Waals surface area contributed by atoms with Crippen LogP contribution in [0.15, 0.2) is 47.6 Å². The van der Waals surface area contributed by atoms with Crippen molar-refractivity contribution in [3.8, 4) is 0 Å². The zero-order valence-electron chi connectivity index (χ0n) is 23.9. The van der Waals surface area contributed by atoms with Crippen molar-refractivity contribution in [1.82, 2.24) is 0 Å². The summed E-state index contributed by atoms with van der Waals surface area (Å²) < 4.78 is 36.6. The summed E-state index contributed by atoms with van der Waals surface area (Å²) in [5.74, 6) is -1.73. The summed E-state index contributed by atoms with van der Waals surface area (Å²) in [6, 6.07) is 0. The number of carbonyl (C=O) groups excluding carboxylic acids is 3. The minimum Gasteiger partial charge on any atom is -0.462 e. The molecule has 4 heterocycles. The van der Waals surface area contributed by atoms with Crippen LogP contribution < -0.4 is 0 Å². The first-order valence-corrected chi connectivity index (χ1v) is 14.4. The van der Waals surface area contributed by atoms with Crippen LogP contribution in [0.4, 0.5) is 0 Å². The van der Waals surface area contributed by atoms with E-state index in [0.29, 0.717) is 31.4 Å². The average molecular weight is 571 g/mol. The third kappa shape index (κ3) is 4.17. The summed E-state index contributed by atoms with van der Waals surface area (Å²) in [5.41, 5.74) is -1.81. The number of aliphatic hydroxyl groups excluding tert-OH is 1. The second-order valence-corrected chi connectivity index (χ2v) is 12.4. The quantitative estimate of drug-likeness (QED) is 0.229. The van der Waals surface area contributed by atoms with E-state index in [1.54, 1.807) is 12.2 Å². The van der Waals surface area contributed by atoms with E-state index in [1.165, 1.54) is 37.6 Å². The number of rotatable bonds is 2. The van der Waals surface area contributed by atoms with Gasteiger partial charge in [0.05, 0.1) is 36.9 Å². The molecule has 222 valence electrons. The molecule has 10 nitrogen and oxygen atoms in total. The van der Waals surface area contributed by atoms with Gasteiger partial charge in [-0.2, -0.15) is 0 Å². The maximum Gasteiger partial charge on any atom is 0.331 e. The highest BCUT2D eigenvalue weighted by Gasteiger charge is 2.83. The highest BCUT2D eigenvalue weighted by atomic mass is 16.6. The number of hydrogen-bond acceptors (Lipinski definition) is 10. The van der Waals surface area contributed by atoms with Crippen LogP contribution in [0.25, 0.3) is 0 Å². The molecule has 2 spiro atoms. The second-order valence-electron chi connectivity index (χ2n) is 12.4. The van der Waals surface area contributed by atoms with Gasteiger partial charge >= 0.3 is 17.9 Å². The lowest BCUT2D eigenvalue weighted by molar-refractivity contribution is -0.232. The Morgan fingerprint density at radius 3 is 2.61 bits per heavy atom. The van der Waals surface area contributed by atoms with Crippen LogP contribution in [0.3, 0.4) is 0 Å². The van der Waals surface area contributed by atoms with Crippen LogP contribution in [0.1, 0.15) is 53.4 Å². The predicted molar refractivity (Wildman–Crippen MR) is 143 cm³/mol. The third-order valence-electron chi connectivity index (χ3n) is 10.4. The van der Waals surface area contributed by atoms with Crippen LogP contribution in [0, 0.1) is 10.8 Å². The number of carbonyl (C=O) groups is 3. The SMILES string of the molecule is CC(=O)OC1C2=CC(=O)OCC34CCC(C)=CC3OC3CC(OC(=O)C=CC=CC1(C(C)O)OCC2)C4(C)C31CO1. The van der Waals surface area contributed by atoms with Gasteiger partial charge in [-0.05, 0) is 44.8 Å². The number of cyclic esters (lactones) is 1. The molecule has 4 fully saturated rings. The molecule has 6 aliphatic rings. The first kappa shape index (κ1) is 28.3. The zero-order valence-corrected chi connectivity index (χ0v) is 23.9. The molecule has 41 heavy (non-hydrogen) atoms. The topological polar surface area (TPSA) is 130 Å². The van der Waals surface area contributed by atoms with E-state index < -0.39 is 58.3 Å². The summed E-state index contributed by atoms with van der Waals surface area (Å²) in [6.45, 7) is 7.61. The number of allylic oxidation sites excluding steroid dienone is 3. The molecular weight excluding hydrogens is 532 g/mol. The molecule has 1 N–H and O–H groups in total. The lowest BCUT2D eigenvalue weighted by Gasteiger charge is -2.58. The Labute approximate surface area is 239 Å². The Bertz CT molecular complexity index is 1260. The standard InChI is InChI=1S/C31H38O10/c1-18-8-11-29-16-36-26(35)14-21-9-12-37-30(19(2)32,27(21)39-20(3)33)10-6-5-7-25(34)41-22-15-24(40-23(29)13-18)31(17-38-31)28(22,29)4/h5-7,10,13-14,19,22-24,27,32H,8-9,11-12,15-17H2,1-4H3. The van der Waals surface area contributed by atoms with Gasteiger partial charge in [0.15, 0.2) is 11.7 Å². The number of hydrogen-bond donors (Lipinski definition) is 1. The molecule has 4 bridgehead atoms. The smallest absolute Gasteiger partial charge is 0.331 e. The highest BCUT2D eigenvalue weighted by molar-refractivity contribution is 5.84. The van der Waals surface area contributed by atoms with Crippen LogP contribution in [-0.4, -0.2) is 84.6 Å². The molecule has 0 aromatic rings. The van der Waals surface area contributed by atoms with Crippen molar-refractivity contribution in [3.05, 3.63) is 47.6 Å². The van der Waals surface area contributed by atoms with E-state index in [9.17, 15) is 19.5 Å². The zero-order chi connectivity index (χ0) is 29.2. The summed E-state index contributed by atoms with van der Waals surface area (Å²) in [6.07, 6.45) is 8.28. The fourth-order valence-electron chi connectivity index (χ4n) is 7.98. The molecule has 0 amide bonds. The molecule has 6 rings (SSSR count). The van der Waals surface area contributed by atoms with Crippen molar-refractivity contribution in [2.75, 3.05) is 19.8 Å². The van der Waals surface area contributed by atoms with Gasteiger partial charge in [0.25, 0.3) is 0 Å². The maximum atomic E-state index is 13.5. The third-order valence-corrected chi connectivity index (χ3v) is 10.4. The van der Waals surface area contributed by atoms with Gasteiger partial charge in [-0.1, -0.05) is 30.7 Å². The Morgan fingerprint density at radius 1 is 1.12 bits per heavy atom. The summed E-state index contributed by atoms with van der Waals surface area (Å²) >= 11 is 0. The first-order chi connectivity index (χ1) is 19.5. The number of fused-ring (bicyclic) bond motifs is 2. The number of ether oxygens (including phenoxy) is 6. The molecule has 0 aromatic heterocycles. The average Bonchev–Trinajstić information content (AvgIpc) is 3.69. The largest absolute Gasteiger partial charge is 0.462 e. The van der Waals surface area contributed by atoms with Gasteiger partial charge < -0.3 is 33.5 Å². The van der Waals surface area contributed by atoms with E-state index in [1.807, 2.05) is 0 Å². The number of aliphatic hydroxyl groups is 1. The van der Waals surface area contributed by atoms with E-state index in [4.69, 9.17) is 28.4 Å².